The molecule has 2 aromatic heterocycles. The predicted octanol–water partition coefficient (Wildman–Crippen LogP) is 3.64. The van der Waals surface area contributed by atoms with Gasteiger partial charge in [0, 0.05) is 10.9 Å². The molecule has 0 aromatic carbocycles. The van der Waals surface area contributed by atoms with E-state index in [2.05, 4.69) is 23.3 Å². The Labute approximate surface area is 121 Å². The molecule has 0 aliphatic rings. The molecule has 1 unspecified atom stereocenters. The van der Waals surface area contributed by atoms with Crippen LogP contribution in [0.5, 0.6) is 0 Å². The van der Waals surface area contributed by atoms with E-state index >= 15 is 0 Å². The van der Waals surface area contributed by atoms with Gasteiger partial charge in [0.25, 0.3) is 0 Å². The van der Waals surface area contributed by atoms with Crippen LogP contribution in [0.1, 0.15) is 30.2 Å². The fourth-order valence-electron chi connectivity index (χ4n) is 1.77. The van der Waals surface area contributed by atoms with E-state index in [1.165, 1.54) is 0 Å². The lowest BCUT2D eigenvalue weighted by Gasteiger charge is -2.10. The molecule has 0 saturated carbocycles. The van der Waals surface area contributed by atoms with E-state index in [-0.39, 0.29) is 11.9 Å². The standard InChI is InChI=1S/C14H18N2OS2/c1-4-9(2)15-13(17)8-12-14(16-10(3)19-12)11-6-5-7-18-11/h5-7,9H,4,8H2,1-3H3,(H,15,17). The second kappa shape index (κ2) is 6.30. The van der Waals surface area contributed by atoms with E-state index in [0.29, 0.717) is 6.42 Å². The summed E-state index contributed by atoms with van der Waals surface area (Å²) in [6, 6.07) is 4.29. The van der Waals surface area contributed by atoms with Crippen molar-refractivity contribution < 1.29 is 4.79 Å². The zero-order chi connectivity index (χ0) is 13.8. The van der Waals surface area contributed by atoms with Gasteiger partial charge in [-0.1, -0.05) is 13.0 Å². The topological polar surface area (TPSA) is 42.0 Å². The summed E-state index contributed by atoms with van der Waals surface area (Å²) < 4.78 is 0. The molecule has 3 nitrogen and oxygen atoms in total. The zero-order valence-corrected chi connectivity index (χ0v) is 13.0. The van der Waals surface area contributed by atoms with Crippen LogP contribution in [-0.2, 0) is 11.2 Å². The maximum absolute atomic E-state index is 12.0. The van der Waals surface area contributed by atoms with Crippen LogP contribution in [0.4, 0.5) is 0 Å². The Hall–Kier alpha value is -1.20. The average molecular weight is 294 g/mol. The van der Waals surface area contributed by atoms with Gasteiger partial charge in [0.2, 0.25) is 5.91 Å². The van der Waals surface area contributed by atoms with Gasteiger partial charge in [-0.15, -0.1) is 22.7 Å². The minimum absolute atomic E-state index is 0.0795. The maximum Gasteiger partial charge on any atom is 0.225 e. The van der Waals surface area contributed by atoms with Gasteiger partial charge in [0.15, 0.2) is 0 Å². The molecule has 0 bridgehead atoms. The van der Waals surface area contributed by atoms with Crippen molar-refractivity contribution in [3.8, 4) is 10.6 Å². The van der Waals surface area contributed by atoms with E-state index in [9.17, 15) is 4.79 Å². The summed E-state index contributed by atoms with van der Waals surface area (Å²) in [7, 11) is 0. The first-order valence-electron chi connectivity index (χ1n) is 6.39. The molecule has 2 aromatic rings. The highest BCUT2D eigenvalue weighted by atomic mass is 32.1. The van der Waals surface area contributed by atoms with Crippen LogP contribution < -0.4 is 5.32 Å². The molecule has 0 radical (unpaired) electrons. The number of hydrogen-bond donors (Lipinski definition) is 1. The molecule has 1 atom stereocenters. The van der Waals surface area contributed by atoms with Crippen molar-refractivity contribution in [3.05, 3.63) is 27.4 Å². The summed E-state index contributed by atoms with van der Waals surface area (Å²) in [5.41, 5.74) is 0.969. The van der Waals surface area contributed by atoms with Crippen LogP contribution in [0, 0.1) is 6.92 Å². The van der Waals surface area contributed by atoms with Gasteiger partial charge in [-0.25, -0.2) is 4.98 Å². The van der Waals surface area contributed by atoms with E-state index in [1.807, 2.05) is 25.3 Å². The fraction of sp³-hybridized carbons (Fsp3) is 0.429. The summed E-state index contributed by atoms with van der Waals surface area (Å²) in [4.78, 5) is 18.7. The second-order valence-corrected chi connectivity index (χ2v) is 6.77. The van der Waals surface area contributed by atoms with Crippen LogP contribution in [0.25, 0.3) is 10.6 Å². The van der Waals surface area contributed by atoms with Gasteiger partial charge < -0.3 is 5.32 Å². The molecule has 0 fully saturated rings. The van der Waals surface area contributed by atoms with Gasteiger partial charge >= 0.3 is 0 Å². The van der Waals surface area contributed by atoms with E-state index < -0.39 is 0 Å². The SMILES string of the molecule is CCC(C)NC(=O)Cc1sc(C)nc1-c1cccs1. The average Bonchev–Trinajstić information content (AvgIpc) is 2.98. The van der Waals surface area contributed by atoms with Gasteiger partial charge in [0.05, 0.1) is 22.0 Å². The highest BCUT2D eigenvalue weighted by Crippen LogP contribution is 2.31. The molecule has 1 N–H and O–H groups in total. The van der Waals surface area contributed by atoms with Crippen molar-refractivity contribution in [2.45, 2.75) is 39.7 Å². The number of thiophene rings is 1. The lowest BCUT2D eigenvalue weighted by Crippen LogP contribution is -2.33. The first kappa shape index (κ1) is 14.2. The molecule has 19 heavy (non-hydrogen) atoms. The Balaban J connectivity index is 2.15. The number of nitrogens with one attached hydrogen (secondary N) is 1. The summed E-state index contributed by atoms with van der Waals surface area (Å²) in [6.07, 6.45) is 1.37. The number of hydrogen-bond acceptors (Lipinski definition) is 4. The number of rotatable bonds is 5. The third-order valence-corrected chi connectivity index (χ3v) is 4.75. The number of carbonyl (C=O) groups excluding carboxylic acids is 1. The smallest absolute Gasteiger partial charge is 0.225 e. The highest BCUT2D eigenvalue weighted by Gasteiger charge is 2.16. The summed E-state index contributed by atoms with van der Waals surface area (Å²) in [6.45, 7) is 6.08. The molecule has 0 spiro atoms. The normalized spacial score (nSPS) is 12.4. The summed E-state index contributed by atoms with van der Waals surface area (Å²) in [5, 5.41) is 6.05. The van der Waals surface area contributed by atoms with Crippen molar-refractivity contribution in [2.75, 3.05) is 0 Å². The van der Waals surface area contributed by atoms with E-state index in [1.54, 1.807) is 22.7 Å². The van der Waals surface area contributed by atoms with Crippen LogP contribution in [0.15, 0.2) is 17.5 Å². The fourth-order valence-corrected chi connectivity index (χ4v) is 3.52. The molecule has 0 saturated heterocycles. The first-order valence-corrected chi connectivity index (χ1v) is 8.09. The van der Waals surface area contributed by atoms with Gasteiger partial charge in [-0.2, -0.15) is 0 Å². The molecular formula is C14H18N2OS2. The zero-order valence-electron chi connectivity index (χ0n) is 11.4. The lowest BCUT2D eigenvalue weighted by molar-refractivity contribution is -0.121. The minimum Gasteiger partial charge on any atom is -0.353 e. The first-order chi connectivity index (χ1) is 9.10. The third-order valence-electron chi connectivity index (χ3n) is 2.90. The number of carbonyl (C=O) groups is 1. The Morgan fingerprint density at radius 1 is 1.53 bits per heavy atom. The van der Waals surface area contributed by atoms with Crippen LogP contribution in [0.2, 0.25) is 0 Å². The van der Waals surface area contributed by atoms with E-state index in [0.717, 1.165) is 26.9 Å². The Bertz CT molecular complexity index is 546. The molecule has 0 aliphatic heterocycles. The molecule has 2 heterocycles. The molecule has 1 amide bonds. The molecule has 102 valence electrons. The summed E-state index contributed by atoms with van der Waals surface area (Å²) in [5.74, 6) is 0.0795. The van der Waals surface area contributed by atoms with Crippen LogP contribution in [-0.4, -0.2) is 16.9 Å². The Kier molecular flexibility index (Phi) is 4.71. The molecule has 0 aliphatic carbocycles. The quantitative estimate of drug-likeness (QED) is 0.915. The van der Waals surface area contributed by atoms with Crippen molar-refractivity contribution >= 4 is 28.6 Å². The van der Waals surface area contributed by atoms with Gasteiger partial charge in [0.1, 0.15) is 0 Å². The van der Waals surface area contributed by atoms with Crippen molar-refractivity contribution in [1.29, 1.82) is 0 Å². The monoisotopic (exact) mass is 294 g/mol. The minimum atomic E-state index is 0.0795. The number of aryl methyl sites for hydroxylation is 1. The van der Waals surface area contributed by atoms with Crippen molar-refractivity contribution in [2.24, 2.45) is 0 Å². The Morgan fingerprint density at radius 3 is 2.95 bits per heavy atom. The Morgan fingerprint density at radius 2 is 2.32 bits per heavy atom. The molecule has 5 heteroatoms. The van der Waals surface area contributed by atoms with Crippen LogP contribution >= 0.6 is 22.7 Å². The van der Waals surface area contributed by atoms with Crippen molar-refractivity contribution in [1.82, 2.24) is 10.3 Å². The number of nitrogens with zero attached hydrogens (tertiary/aromatic N) is 1. The second-order valence-electron chi connectivity index (χ2n) is 4.54. The van der Waals surface area contributed by atoms with Gasteiger partial charge in [-0.05, 0) is 31.7 Å². The third kappa shape index (κ3) is 3.64. The van der Waals surface area contributed by atoms with Crippen molar-refractivity contribution in [3.63, 3.8) is 0 Å². The highest BCUT2D eigenvalue weighted by molar-refractivity contribution is 7.15. The van der Waals surface area contributed by atoms with E-state index in [4.69, 9.17) is 0 Å². The van der Waals surface area contributed by atoms with Crippen LogP contribution in [0.3, 0.4) is 0 Å². The molecular weight excluding hydrogens is 276 g/mol. The largest absolute Gasteiger partial charge is 0.353 e. The van der Waals surface area contributed by atoms with Gasteiger partial charge in [-0.3, -0.25) is 4.79 Å². The lowest BCUT2D eigenvalue weighted by atomic mass is 10.2. The summed E-state index contributed by atoms with van der Waals surface area (Å²) >= 11 is 3.27. The number of amides is 1. The number of aromatic nitrogens is 1. The maximum atomic E-state index is 12.0. The molecule has 2 rings (SSSR count). The predicted molar refractivity (Wildman–Crippen MR) is 81.8 cm³/mol. The number of thiazole rings is 1.